The molecule has 3 aliphatic carbocycles. The number of fused-ring (bicyclic) bond motifs is 2. The van der Waals surface area contributed by atoms with Crippen LogP contribution in [0.2, 0.25) is 0 Å². The molecule has 48 heavy (non-hydrogen) atoms. The van der Waals surface area contributed by atoms with Crippen LogP contribution >= 0.6 is 0 Å². The number of nitrogens with one attached hydrogen (secondary N) is 2. The summed E-state index contributed by atoms with van der Waals surface area (Å²) in [6.07, 6.45) is 0.971. The number of nitrogens with two attached hydrogens (primary N) is 1. The first-order chi connectivity index (χ1) is 22.8. The summed E-state index contributed by atoms with van der Waals surface area (Å²) in [4.78, 5) is 24.9. The smallest absolute Gasteiger partial charge is 0.240 e. The number of rotatable bonds is 14. The molecule has 0 radical (unpaired) electrons. The van der Waals surface area contributed by atoms with E-state index in [9.17, 15) is 9.90 Å². The normalized spacial score (nSPS) is 28.6. The second-order valence-electron chi connectivity index (χ2n) is 15.5. The van der Waals surface area contributed by atoms with E-state index in [-0.39, 0.29) is 18.5 Å². The Labute approximate surface area is 288 Å². The van der Waals surface area contributed by atoms with Crippen LogP contribution in [0.3, 0.4) is 0 Å². The highest BCUT2D eigenvalue weighted by molar-refractivity contribution is 5.83. The maximum Gasteiger partial charge on any atom is 0.240 e. The van der Waals surface area contributed by atoms with Crippen LogP contribution in [0.25, 0.3) is 11.1 Å². The van der Waals surface area contributed by atoms with E-state index in [1.54, 1.807) is 19.1 Å². The van der Waals surface area contributed by atoms with Gasteiger partial charge in [-0.15, -0.1) is 0 Å². The number of carbonyl (C=O) groups is 1. The van der Waals surface area contributed by atoms with Crippen LogP contribution in [0.5, 0.6) is 5.75 Å². The Kier molecular flexibility index (Phi) is 11.4. The maximum absolute atomic E-state index is 14.2. The second-order valence-corrected chi connectivity index (χ2v) is 15.5. The van der Waals surface area contributed by atoms with Gasteiger partial charge in [0, 0.05) is 69.0 Å². The lowest BCUT2D eigenvalue weighted by atomic mass is 9.45. The molecule has 3 saturated carbocycles. The zero-order valence-electron chi connectivity index (χ0n) is 30.6. The van der Waals surface area contributed by atoms with Crippen molar-refractivity contribution in [3.8, 4) is 16.9 Å². The van der Waals surface area contributed by atoms with Gasteiger partial charge in [0.25, 0.3) is 0 Å². The number of para-hydroxylation sites is 1. The average Bonchev–Trinajstić information content (AvgIpc) is 3.42. The molecule has 266 valence electrons. The Hall–Kier alpha value is -2.73. The third-order valence-corrected chi connectivity index (χ3v) is 11.6. The van der Waals surface area contributed by atoms with Crippen molar-refractivity contribution in [1.82, 2.24) is 20.6 Å². The number of hydroxylamine groups is 2. The van der Waals surface area contributed by atoms with Gasteiger partial charge >= 0.3 is 0 Å². The van der Waals surface area contributed by atoms with Gasteiger partial charge in [-0.3, -0.25) is 9.63 Å². The van der Waals surface area contributed by atoms with Crippen LogP contribution in [0.4, 0.5) is 5.69 Å². The molecule has 10 heteroatoms. The number of hydrogen-bond donors (Lipinski definition) is 4. The third-order valence-electron chi connectivity index (χ3n) is 11.6. The molecular weight excluding hydrogens is 604 g/mol. The number of anilines is 1. The summed E-state index contributed by atoms with van der Waals surface area (Å²) in [5, 5.41) is 19.7. The Morgan fingerprint density at radius 3 is 2.54 bits per heavy atom. The summed E-state index contributed by atoms with van der Waals surface area (Å²) in [6, 6.07) is 12.1. The number of benzene rings is 2. The summed E-state index contributed by atoms with van der Waals surface area (Å²) >= 11 is 0. The van der Waals surface area contributed by atoms with Crippen molar-refractivity contribution in [3.63, 3.8) is 0 Å². The molecule has 2 aromatic carbocycles. The molecule has 1 saturated heterocycles. The van der Waals surface area contributed by atoms with E-state index in [4.69, 9.17) is 15.3 Å². The van der Waals surface area contributed by atoms with Gasteiger partial charge in [0.05, 0.1) is 25.9 Å². The van der Waals surface area contributed by atoms with Gasteiger partial charge in [-0.05, 0) is 86.4 Å². The van der Waals surface area contributed by atoms with Crippen LogP contribution in [-0.4, -0.2) is 100 Å². The number of nitrogens with zero attached hydrogens (tertiary/aromatic N) is 3. The van der Waals surface area contributed by atoms with Crippen LogP contribution in [0.1, 0.15) is 51.7 Å². The highest BCUT2D eigenvalue weighted by Gasteiger charge is 2.57. The number of amides is 1. The van der Waals surface area contributed by atoms with Crippen molar-refractivity contribution in [2.24, 2.45) is 34.8 Å². The molecule has 4 fully saturated rings. The SMILES string of the molecule is COc1c(CN2O[C@@H](CN)[C@H]([C@H](C)O)[C@H]2C(=O)N[C@H]2C[C@H]3C[C@@H]([C@@H]2C)C3(C)C)cccc1-c1cc(CNCCN(C)C)cc(N(C)C)c1. The molecule has 1 aliphatic heterocycles. The first-order valence-corrected chi connectivity index (χ1v) is 17.7. The minimum atomic E-state index is -0.776. The van der Waals surface area contributed by atoms with Gasteiger partial charge in [-0.2, -0.15) is 5.06 Å². The number of aliphatic hydroxyl groups excluding tert-OH is 1. The van der Waals surface area contributed by atoms with Crippen molar-refractivity contribution in [2.45, 2.75) is 77.9 Å². The molecule has 0 spiro atoms. The Morgan fingerprint density at radius 2 is 1.94 bits per heavy atom. The van der Waals surface area contributed by atoms with Crippen molar-refractivity contribution in [1.29, 1.82) is 0 Å². The summed E-state index contributed by atoms with van der Waals surface area (Å²) in [5.74, 6) is 1.78. The predicted octanol–water partition coefficient (Wildman–Crippen LogP) is 3.71. The molecule has 5 N–H and O–H groups in total. The molecule has 2 aromatic rings. The number of methoxy groups -OCH3 is 1. The molecule has 2 bridgehead atoms. The molecule has 1 heterocycles. The number of aliphatic hydroxyl groups is 1. The van der Waals surface area contributed by atoms with Crippen LogP contribution < -0.4 is 26.0 Å². The zero-order chi connectivity index (χ0) is 34.9. The first-order valence-electron chi connectivity index (χ1n) is 17.7. The Morgan fingerprint density at radius 1 is 1.19 bits per heavy atom. The van der Waals surface area contributed by atoms with Crippen molar-refractivity contribution >= 4 is 11.6 Å². The van der Waals surface area contributed by atoms with Crippen LogP contribution in [-0.2, 0) is 22.7 Å². The lowest BCUT2D eigenvalue weighted by Gasteiger charge is -2.62. The highest BCUT2D eigenvalue weighted by Crippen LogP contribution is 2.61. The van der Waals surface area contributed by atoms with Crippen molar-refractivity contribution < 1.29 is 19.5 Å². The number of likely N-dealkylation sites (N-methyl/N-ethyl adjacent to an activating group) is 1. The van der Waals surface area contributed by atoms with E-state index < -0.39 is 24.2 Å². The quantitative estimate of drug-likeness (QED) is 0.225. The number of hydrogen-bond acceptors (Lipinski definition) is 9. The first kappa shape index (κ1) is 36.5. The molecule has 0 unspecified atom stereocenters. The average molecular weight is 665 g/mol. The largest absolute Gasteiger partial charge is 0.496 e. The lowest BCUT2D eigenvalue weighted by molar-refractivity contribution is -0.175. The highest BCUT2D eigenvalue weighted by atomic mass is 16.7. The van der Waals surface area contributed by atoms with E-state index in [2.05, 4.69) is 93.7 Å². The van der Waals surface area contributed by atoms with E-state index >= 15 is 0 Å². The Balaban J connectivity index is 1.42. The molecule has 0 aromatic heterocycles. The fraction of sp³-hybridized carbons (Fsp3) is 0.658. The monoisotopic (exact) mass is 664 g/mol. The fourth-order valence-electron chi connectivity index (χ4n) is 8.60. The van der Waals surface area contributed by atoms with E-state index in [1.807, 2.05) is 12.1 Å². The second kappa shape index (κ2) is 15.0. The zero-order valence-corrected chi connectivity index (χ0v) is 30.6. The van der Waals surface area contributed by atoms with Crippen molar-refractivity contribution in [3.05, 3.63) is 47.5 Å². The predicted molar refractivity (Wildman–Crippen MR) is 193 cm³/mol. The van der Waals surface area contributed by atoms with E-state index in [1.165, 1.54) is 12.0 Å². The van der Waals surface area contributed by atoms with Gasteiger partial charge in [-0.1, -0.05) is 39.0 Å². The van der Waals surface area contributed by atoms with Crippen molar-refractivity contribution in [2.75, 3.05) is 59.8 Å². The van der Waals surface area contributed by atoms with Gasteiger partial charge in [0.1, 0.15) is 11.8 Å². The minimum absolute atomic E-state index is 0.104. The van der Waals surface area contributed by atoms with Crippen LogP contribution in [0, 0.1) is 29.1 Å². The van der Waals surface area contributed by atoms with Gasteiger partial charge in [0.15, 0.2) is 0 Å². The summed E-state index contributed by atoms with van der Waals surface area (Å²) < 4.78 is 6.11. The standard InChI is InChI=1S/C38H60N6O4/c1-23-31-18-28(38(31,3)4)19-32(23)41-37(46)35-34(24(2)45)33(20-39)48-44(35)22-26-11-10-12-30(36(26)47-9)27-15-25(16-29(17-27)43(7)8)21-40-13-14-42(5)6/h10-12,15-17,23-24,28,31-35,40,45H,13-14,18-22,39H2,1-9H3,(H,41,46)/t23-,24-,28+,31-,32-,33-,34-,35-/m0/s1. The minimum Gasteiger partial charge on any atom is -0.496 e. The van der Waals surface area contributed by atoms with E-state index in [0.717, 1.165) is 54.2 Å². The Bertz CT molecular complexity index is 1410. The summed E-state index contributed by atoms with van der Waals surface area (Å²) in [6.45, 7) is 11.9. The molecular formula is C38H60N6O4. The third kappa shape index (κ3) is 7.39. The van der Waals surface area contributed by atoms with Crippen LogP contribution in [0.15, 0.2) is 36.4 Å². The van der Waals surface area contributed by atoms with Gasteiger partial charge in [0.2, 0.25) is 5.91 Å². The summed E-state index contributed by atoms with van der Waals surface area (Å²) in [7, 11) is 9.95. The molecule has 8 atom stereocenters. The topological polar surface area (TPSA) is 116 Å². The fourth-order valence-corrected chi connectivity index (χ4v) is 8.60. The molecule has 1 amide bonds. The molecule has 6 rings (SSSR count). The lowest BCUT2D eigenvalue weighted by Crippen LogP contribution is -2.62. The maximum atomic E-state index is 14.2. The molecule has 4 aliphatic rings. The van der Waals surface area contributed by atoms with Gasteiger partial charge in [-0.25, -0.2) is 0 Å². The number of carbonyl (C=O) groups excluding carboxylic acids is 1. The van der Waals surface area contributed by atoms with Gasteiger partial charge < -0.3 is 36.0 Å². The number of ether oxygens (including phenoxy) is 1. The summed E-state index contributed by atoms with van der Waals surface area (Å²) in [5.41, 5.74) is 11.7. The molecule has 10 nitrogen and oxygen atoms in total. The van der Waals surface area contributed by atoms with E-state index in [0.29, 0.717) is 29.7 Å².